The average Bonchev–Trinajstić information content (AvgIpc) is 2.88. The van der Waals surface area contributed by atoms with Crippen LogP contribution in [0.15, 0.2) is 85.1 Å². The predicted octanol–water partition coefficient (Wildman–Crippen LogP) is 5.57. The lowest BCUT2D eigenvalue weighted by Gasteiger charge is -2.19. The molecule has 0 spiro atoms. The Balaban J connectivity index is 1.66. The molecule has 1 atom stereocenters. The molecule has 3 nitrogen and oxygen atoms in total. The summed E-state index contributed by atoms with van der Waals surface area (Å²) in [5, 5.41) is 10.6. The first-order chi connectivity index (χ1) is 14.1. The van der Waals surface area contributed by atoms with E-state index in [0.717, 1.165) is 33.5 Å². The molecule has 4 aromatic rings. The van der Waals surface area contributed by atoms with Crippen LogP contribution in [0.25, 0.3) is 27.6 Å². The Labute approximate surface area is 169 Å². The van der Waals surface area contributed by atoms with Crippen molar-refractivity contribution in [2.45, 2.75) is 6.54 Å². The van der Waals surface area contributed by atoms with E-state index in [1.54, 1.807) is 13.2 Å². The van der Waals surface area contributed by atoms with Crippen LogP contribution in [0.3, 0.4) is 0 Å². The van der Waals surface area contributed by atoms with E-state index in [1.165, 1.54) is 10.8 Å². The Morgan fingerprint density at radius 1 is 0.862 bits per heavy atom. The van der Waals surface area contributed by atoms with E-state index in [-0.39, 0.29) is 0 Å². The molecule has 0 radical (unpaired) electrons. The quantitative estimate of drug-likeness (QED) is 0.423. The molecule has 29 heavy (non-hydrogen) atoms. The maximum Gasteiger partial charge on any atom is 0.141 e. The van der Waals surface area contributed by atoms with Gasteiger partial charge in [0.2, 0.25) is 0 Å². The summed E-state index contributed by atoms with van der Waals surface area (Å²) in [5.41, 5.74) is 6.00. The van der Waals surface area contributed by atoms with Crippen molar-refractivity contribution in [3.63, 3.8) is 0 Å². The van der Waals surface area contributed by atoms with E-state index in [1.807, 2.05) is 36.4 Å². The first-order valence-electron chi connectivity index (χ1n) is 9.74. The molecule has 2 heterocycles. The lowest BCUT2D eigenvalue weighted by Crippen LogP contribution is -2.33. The van der Waals surface area contributed by atoms with Gasteiger partial charge in [0.15, 0.2) is 0 Å². The van der Waals surface area contributed by atoms with Gasteiger partial charge in [-0.15, -0.1) is 4.71 Å². The first kappa shape index (κ1) is 17.7. The normalized spacial score (nSPS) is 18.8. The lowest BCUT2D eigenvalue weighted by molar-refractivity contribution is -1.05. The van der Waals surface area contributed by atoms with Crippen molar-refractivity contribution in [1.29, 1.82) is 0 Å². The summed E-state index contributed by atoms with van der Waals surface area (Å²) in [6, 6.07) is 24.7. The maximum absolute atomic E-state index is 15.2. The number of hydrogen-bond donors (Lipinski definition) is 0. The Kier molecular flexibility index (Phi) is 4.22. The van der Waals surface area contributed by atoms with Crippen molar-refractivity contribution >= 4 is 16.3 Å². The Hall–Kier alpha value is -3.37. The van der Waals surface area contributed by atoms with Gasteiger partial charge >= 0.3 is 0 Å². The molecule has 0 bridgehead atoms. The standard InChI is InChI=1S/C25H21FN3/c1-29(26)14-12-24(20-9-8-18-5-2-3-6-19(18)15-20)23-11-10-21(16-22(23)17-29)25-7-4-13-27-28-25/h2-13,15-16H,14,17H2,1H3/q+1. The monoisotopic (exact) mass is 382 g/mol. The van der Waals surface area contributed by atoms with Crippen LogP contribution >= 0.6 is 0 Å². The number of nitrogens with zero attached hydrogens (tertiary/aromatic N) is 3. The predicted molar refractivity (Wildman–Crippen MR) is 114 cm³/mol. The molecule has 1 unspecified atom stereocenters. The highest BCUT2D eigenvalue weighted by molar-refractivity contribution is 5.90. The molecule has 0 aliphatic carbocycles. The Morgan fingerprint density at radius 2 is 1.69 bits per heavy atom. The molecule has 1 aromatic heterocycles. The molecule has 0 fully saturated rings. The molecular formula is C25H21FN3+. The number of aromatic nitrogens is 2. The molecule has 0 saturated heterocycles. The second kappa shape index (κ2) is 6.90. The van der Waals surface area contributed by atoms with Crippen molar-refractivity contribution in [2.75, 3.05) is 13.6 Å². The van der Waals surface area contributed by atoms with Crippen LogP contribution in [-0.4, -0.2) is 28.5 Å². The van der Waals surface area contributed by atoms with Gasteiger partial charge in [-0.1, -0.05) is 48.5 Å². The number of halogens is 1. The summed E-state index contributed by atoms with van der Waals surface area (Å²) < 4.78 is 14.6. The number of quaternary nitrogens is 1. The minimum Gasteiger partial charge on any atom is -0.159 e. The molecule has 3 aromatic carbocycles. The third kappa shape index (κ3) is 3.43. The minimum atomic E-state index is -0.575. The molecule has 0 saturated carbocycles. The van der Waals surface area contributed by atoms with Crippen molar-refractivity contribution in [3.05, 3.63) is 102 Å². The highest BCUT2D eigenvalue weighted by Crippen LogP contribution is 2.35. The summed E-state index contributed by atoms with van der Waals surface area (Å²) in [6.07, 6.45) is 3.68. The van der Waals surface area contributed by atoms with Gasteiger partial charge < -0.3 is 0 Å². The van der Waals surface area contributed by atoms with Crippen molar-refractivity contribution in [3.8, 4) is 11.3 Å². The molecule has 0 N–H and O–H groups in total. The van der Waals surface area contributed by atoms with Gasteiger partial charge in [0.25, 0.3) is 0 Å². The van der Waals surface area contributed by atoms with Crippen LogP contribution in [0.1, 0.15) is 16.7 Å². The Morgan fingerprint density at radius 3 is 2.52 bits per heavy atom. The Bertz CT molecular complexity index is 1230. The molecular weight excluding hydrogens is 361 g/mol. The fourth-order valence-electron chi connectivity index (χ4n) is 4.04. The zero-order valence-electron chi connectivity index (χ0n) is 16.2. The number of rotatable bonds is 2. The fourth-order valence-corrected chi connectivity index (χ4v) is 4.04. The molecule has 4 heteroatoms. The van der Waals surface area contributed by atoms with E-state index in [4.69, 9.17) is 0 Å². The topological polar surface area (TPSA) is 25.8 Å². The van der Waals surface area contributed by atoms with Gasteiger partial charge in [-0.25, -0.2) is 0 Å². The highest BCUT2D eigenvalue weighted by Gasteiger charge is 2.28. The van der Waals surface area contributed by atoms with Crippen LogP contribution in [0.5, 0.6) is 0 Å². The molecule has 5 rings (SSSR count). The third-order valence-electron chi connectivity index (χ3n) is 5.50. The SMILES string of the molecule is C[N+]1(F)CC=C(c2ccc3ccccc3c2)c2ccc(-c3cccnn3)cc2C1. The molecule has 0 amide bonds. The number of hydrogen-bond acceptors (Lipinski definition) is 2. The van der Waals surface area contributed by atoms with E-state index in [9.17, 15) is 0 Å². The second-order valence-corrected chi connectivity index (χ2v) is 7.77. The van der Waals surface area contributed by atoms with Gasteiger partial charge in [0.05, 0.1) is 5.69 Å². The van der Waals surface area contributed by atoms with Crippen molar-refractivity contribution < 1.29 is 9.19 Å². The number of benzene rings is 3. The minimum absolute atomic E-state index is 0.316. The summed E-state index contributed by atoms with van der Waals surface area (Å²) >= 11 is 0. The molecule has 1 aliphatic rings. The van der Waals surface area contributed by atoms with E-state index >= 15 is 4.48 Å². The number of likely N-dealkylation sites (N-methyl/N-ethyl adjacent to an activating group) is 1. The molecule has 142 valence electrons. The van der Waals surface area contributed by atoms with Crippen LogP contribution in [0.2, 0.25) is 0 Å². The zero-order chi connectivity index (χ0) is 19.8. The first-order valence-corrected chi connectivity index (χ1v) is 9.74. The molecule has 1 aliphatic heterocycles. The zero-order valence-corrected chi connectivity index (χ0v) is 16.2. The fraction of sp³-hybridized carbons (Fsp3) is 0.120. The highest BCUT2D eigenvalue weighted by atomic mass is 19.2. The third-order valence-corrected chi connectivity index (χ3v) is 5.50. The van der Waals surface area contributed by atoms with Gasteiger partial charge in [0, 0.05) is 17.3 Å². The van der Waals surface area contributed by atoms with Crippen molar-refractivity contribution in [1.82, 2.24) is 10.2 Å². The van der Waals surface area contributed by atoms with Crippen LogP contribution in [-0.2, 0) is 6.54 Å². The van der Waals surface area contributed by atoms with Crippen LogP contribution in [0.4, 0.5) is 4.48 Å². The smallest absolute Gasteiger partial charge is 0.141 e. The van der Waals surface area contributed by atoms with E-state index in [0.29, 0.717) is 13.1 Å². The van der Waals surface area contributed by atoms with Crippen LogP contribution in [0, 0.1) is 0 Å². The summed E-state index contributed by atoms with van der Waals surface area (Å²) in [5.74, 6) is 0. The summed E-state index contributed by atoms with van der Waals surface area (Å²) in [7, 11) is 1.62. The van der Waals surface area contributed by atoms with Crippen molar-refractivity contribution in [2.24, 2.45) is 0 Å². The lowest BCUT2D eigenvalue weighted by atomic mass is 9.91. The summed E-state index contributed by atoms with van der Waals surface area (Å²) in [6.45, 7) is 0.647. The van der Waals surface area contributed by atoms with Crippen LogP contribution < -0.4 is 0 Å². The second-order valence-electron chi connectivity index (χ2n) is 7.77. The average molecular weight is 382 g/mol. The maximum atomic E-state index is 15.2. The van der Waals surface area contributed by atoms with Gasteiger partial charge in [-0.05, 0) is 62.3 Å². The van der Waals surface area contributed by atoms with Gasteiger partial charge in [-0.3, -0.25) is 0 Å². The van der Waals surface area contributed by atoms with Gasteiger partial charge in [-0.2, -0.15) is 10.2 Å². The van der Waals surface area contributed by atoms with Gasteiger partial charge in [0.1, 0.15) is 20.1 Å². The van der Waals surface area contributed by atoms with E-state index in [2.05, 4.69) is 52.7 Å². The summed E-state index contributed by atoms with van der Waals surface area (Å²) in [4.78, 5) is 0. The largest absolute Gasteiger partial charge is 0.159 e. The number of fused-ring (bicyclic) bond motifs is 2. The van der Waals surface area contributed by atoms with E-state index < -0.39 is 4.71 Å².